The van der Waals surface area contributed by atoms with Gasteiger partial charge < -0.3 is 15.1 Å². The van der Waals surface area contributed by atoms with Gasteiger partial charge in [0.1, 0.15) is 11.5 Å². The molecule has 0 atom stereocenters. The Balaban J connectivity index is 1.59. The number of anilines is 2. The molecule has 0 spiro atoms. The second-order valence-electron chi connectivity index (χ2n) is 6.09. The van der Waals surface area contributed by atoms with Crippen molar-refractivity contribution < 1.29 is 9.18 Å². The number of amides is 1. The first-order valence-corrected chi connectivity index (χ1v) is 8.67. The number of aromatic nitrogens is 1. The third-order valence-corrected chi connectivity index (χ3v) is 4.32. The minimum absolute atomic E-state index is 0.0739. The second-order valence-corrected chi connectivity index (χ2v) is 6.09. The lowest BCUT2D eigenvalue weighted by atomic mass is 10.2. The van der Waals surface area contributed by atoms with Crippen LogP contribution in [-0.4, -0.2) is 48.5 Å². The summed E-state index contributed by atoms with van der Waals surface area (Å²) in [6.45, 7) is 5.33. The topological polar surface area (TPSA) is 48.5 Å². The van der Waals surface area contributed by atoms with E-state index in [1.807, 2.05) is 17.0 Å². The van der Waals surface area contributed by atoms with Gasteiger partial charge in [-0.25, -0.2) is 9.37 Å². The van der Waals surface area contributed by atoms with Gasteiger partial charge in [0.25, 0.3) is 5.91 Å². The average molecular weight is 342 g/mol. The monoisotopic (exact) mass is 342 g/mol. The molecule has 0 aliphatic carbocycles. The van der Waals surface area contributed by atoms with Gasteiger partial charge in [-0.05, 0) is 30.7 Å². The molecule has 6 heteroatoms. The maximum atomic E-state index is 13.9. The molecular formula is C19H23FN4O. The molecule has 0 saturated carbocycles. The summed E-state index contributed by atoms with van der Waals surface area (Å²) in [6, 6.07) is 10.4. The first-order chi connectivity index (χ1) is 12.2. The van der Waals surface area contributed by atoms with E-state index in [0.29, 0.717) is 37.6 Å². The Bertz CT molecular complexity index is 712. The number of nitrogens with zero attached hydrogens (tertiary/aromatic N) is 3. The molecule has 5 nitrogen and oxygen atoms in total. The van der Waals surface area contributed by atoms with Crippen molar-refractivity contribution in [1.82, 2.24) is 9.88 Å². The number of benzene rings is 1. The minimum atomic E-state index is -0.223. The lowest BCUT2D eigenvalue weighted by Crippen LogP contribution is -2.49. The van der Waals surface area contributed by atoms with Gasteiger partial charge in [0.05, 0.1) is 17.6 Å². The fourth-order valence-electron chi connectivity index (χ4n) is 2.91. The molecule has 1 aromatic heterocycles. The molecule has 1 amide bonds. The van der Waals surface area contributed by atoms with Crippen LogP contribution in [0.4, 0.5) is 15.8 Å². The Labute approximate surface area is 147 Å². The van der Waals surface area contributed by atoms with E-state index in [4.69, 9.17) is 0 Å². The molecule has 0 bridgehead atoms. The molecule has 2 heterocycles. The summed E-state index contributed by atoms with van der Waals surface area (Å²) in [6.07, 6.45) is 2.73. The van der Waals surface area contributed by atoms with Crippen molar-refractivity contribution in [2.45, 2.75) is 13.3 Å². The van der Waals surface area contributed by atoms with Crippen molar-refractivity contribution in [3.05, 3.63) is 54.1 Å². The van der Waals surface area contributed by atoms with E-state index in [2.05, 4.69) is 17.2 Å². The molecule has 1 saturated heterocycles. The quantitative estimate of drug-likeness (QED) is 0.907. The zero-order valence-corrected chi connectivity index (χ0v) is 14.4. The predicted molar refractivity (Wildman–Crippen MR) is 97.5 cm³/mol. The van der Waals surface area contributed by atoms with Crippen LogP contribution in [0, 0.1) is 5.82 Å². The van der Waals surface area contributed by atoms with Crippen molar-refractivity contribution in [1.29, 1.82) is 0 Å². The van der Waals surface area contributed by atoms with E-state index in [-0.39, 0.29) is 11.7 Å². The van der Waals surface area contributed by atoms with Crippen molar-refractivity contribution in [3.63, 3.8) is 0 Å². The van der Waals surface area contributed by atoms with Crippen LogP contribution in [0.5, 0.6) is 0 Å². The molecule has 1 aliphatic rings. The van der Waals surface area contributed by atoms with Crippen LogP contribution < -0.4 is 10.2 Å². The predicted octanol–water partition coefficient (Wildman–Crippen LogP) is 3.01. The highest BCUT2D eigenvalue weighted by molar-refractivity contribution is 5.92. The number of pyridine rings is 1. The summed E-state index contributed by atoms with van der Waals surface area (Å²) in [7, 11) is 0. The number of hydrogen-bond donors (Lipinski definition) is 1. The number of carbonyl (C=O) groups is 1. The third kappa shape index (κ3) is 4.07. The summed E-state index contributed by atoms with van der Waals surface area (Å²) in [4.78, 5) is 20.6. The third-order valence-electron chi connectivity index (χ3n) is 4.32. The van der Waals surface area contributed by atoms with Crippen molar-refractivity contribution in [2.24, 2.45) is 0 Å². The highest BCUT2D eigenvalue weighted by Gasteiger charge is 2.24. The molecule has 1 aromatic carbocycles. The van der Waals surface area contributed by atoms with Gasteiger partial charge >= 0.3 is 0 Å². The molecule has 132 valence electrons. The van der Waals surface area contributed by atoms with Crippen LogP contribution in [0.2, 0.25) is 0 Å². The van der Waals surface area contributed by atoms with Crippen LogP contribution >= 0.6 is 0 Å². The maximum absolute atomic E-state index is 13.9. The SMILES string of the molecule is CCCNc1ccc(C(=O)N2CCN(c3ccccc3F)CC2)nc1. The van der Waals surface area contributed by atoms with Gasteiger partial charge in [-0.15, -0.1) is 0 Å². The van der Waals surface area contributed by atoms with Crippen LogP contribution in [0.1, 0.15) is 23.8 Å². The number of hydrogen-bond acceptors (Lipinski definition) is 4. The number of rotatable bonds is 5. The number of halogens is 1. The summed E-state index contributed by atoms with van der Waals surface area (Å²) in [5.41, 5.74) is 1.96. The first kappa shape index (κ1) is 17.2. The lowest BCUT2D eigenvalue weighted by Gasteiger charge is -2.36. The molecule has 0 unspecified atom stereocenters. The molecule has 1 fully saturated rings. The van der Waals surface area contributed by atoms with E-state index in [1.54, 1.807) is 29.3 Å². The van der Waals surface area contributed by atoms with E-state index in [0.717, 1.165) is 18.7 Å². The van der Waals surface area contributed by atoms with Crippen LogP contribution in [0.15, 0.2) is 42.6 Å². The fraction of sp³-hybridized carbons (Fsp3) is 0.368. The second kappa shape index (κ2) is 7.96. The van der Waals surface area contributed by atoms with Gasteiger partial charge in [0.15, 0.2) is 0 Å². The van der Waals surface area contributed by atoms with Crippen LogP contribution in [0.25, 0.3) is 0 Å². The van der Waals surface area contributed by atoms with E-state index >= 15 is 0 Å². The molecule has 1 aliphatic heterocycles. The zero-order chi connectivity index (χ0) is 17.6. The minimum Gasteiger partial charge on any atom is -0.384 e. The number of piperazine rings is 1. The normalized spacial score (nSPS) is 14.5. The molecule has 2 aromatic rings. The van der Waals surface area contributed by atoms with E-state index in [1.165, 1.54) is 6.07 Å². The fourth-order valence-corrected chi connectivity index (χ4v) is 2.91. The van der Waals surface area contributed by atoms with Gasteiger partial charge in [-0.2, -0.15) is 0 Å². The highest BCUT2D eigenvalue weighted by atomic mass is 19.1. The van der Waals surface area contributed by atoms with Crippen molar-refractivity contribution in [2.75, 3.05) is 42.9 Å². The molecular weight excluding hydrogens is 319 g/mol. The summed E-state index contributed by atoms with van der Waals surface area (Å²) in [5.74, 6) is -0.297. The van der Waals surface area contributed by atoms with Gasteiger partial charge in [0, 0.05) is 32.7 Å². The zero-order valence-electron chi connectivity index (χ0n) is 14.4. The molecule has 0 radical (unpaired) electrons. The smallest absolute Gasteiger partial charge is 0.272 e. The number of carbonyl (C=O) groups excluding carboxylic acids is 1. The van der Waals surface area contributed by atoms with Gasteiger partial charge in [-0.1, -0.05) is 19.1 Å². The van der Waals surface area contributed by atoms with Gasteiger partial charge in [0.2, 0.25) is 0 Å². The van der Waals surface area contributed by atoms with E-state index < -0.39 is 0 Å². The molecule has 1 N–H and O–H groups in total. The summed E-state index contributed by atoms with van der Waals surface area (Å²) >= 11 is 0. The highest BCUT2D eigenvalue weighted by Crippen LogP contribution is 2.20. The molecule has 25 heavy (non-hydrogen) atoms. The Hall–Kier alpha value is -2.63. The summed E-state index contributed by atoms with van der Waals surface area (Å²) < 4.78 is 13.9. The van der Waals surface area contributed by atoms with Crippen molar-refractivity contribution in [3.8, 4) is 0 Å². The summed E-state index contributed by atoms with van der Waals surface area (Å²) in [5, 5.41) is 3.24. The standard InChI is InChI=1S/C19H23FN4O/c1-2-9-21-15-7-8-17(22-14-15)19(25)24-12-10-23(11-13-24)18-6-4-3-5-16(18)20/h3-8,14,21H,2,9-13H2,1H3. The van der Waals surface area contributed by atoms with Crippen molar-refractivity contribution >= 4 is 17.3 Å². The largest absolute Gasteiger partial charge is 0.384 e. The van der Waals surface area contributed by atoms with Crippen LogP contribution in [0.3, 0.4) is 0 Å². The Kier molecular flexibility index (Phi) is 5.48. The number of para-hydroxylation sites is 1. The lowest BCUT2D eigenvalue weighted by molar-refractivity contribution is 0.0741. The Morgan fingerprint density at radius 2 is 1.92 bits per heavy atom. The Morgan fingerprint density at radius 1 is 1.16 bits per heavy atom. The Morgan fingerprint density at radius 3 is 2.56 bits per heavy atom. The van der Waals surface area contributed by atoms with Crippen LogP contribution in [-0.2, 0) is 0 Å². The molecule has 3 rings (SSSR count). The van der Waals surface area contributed by atoms with Gasteiger partial charge in [-0.3, -0.25) is 4.79 Å². The van der Waals surface area contributed by atoms with E-state index in [9.17, 15) is 9.18 Å². The number of nitrogens with one attached hydrogen (secondary N) is 1. The maximum Gasteiger partial charge on any atom is 0.272 e. The first-order valence-electron chi connectivity index (χ1n) is 8.67. The average Bonchev–Trinajstić information content (AvgIpc) is 2.67.